The molecule has 9 heteroatoms. The van der Waals surface area contributed by atoms with Crippen LogP contribution in [0.2, 0.25) is 0 Å². The molecule has 0 spiro atoms. The molecule has 1 saturated heterocycles. The Balaban J connectivity index is 1.61. The largest absolute Gasteiger partial charge is 0.351 e. The zero-order valence-corrected chi connectivity index (χ0v) is 18.7. The average molecular weight is 450 g/mol. The zero-order valence-electron chi connectivity index (χ0n) is 17.0. The number of benzene rings is 1. The molecule has 1 aliphatic rings. The lowest BCUT2D eigenvalue weighted by atomic mass is 10.2. The first-order valence-corrected chi connectivity index (χ1v) is 12.5. The highest BCUT2D eigenvalue weighted by Crippen LogP contribution is 2.25. The topological polar surface area (TPSA) is 95.6 Å². The number of thiophene rings is 1. The minimum absolute atomic E-state index is 0.0952. The standard InChI is InChI=1S/C21H27N3O4S2/c1-16-6-7-18(14-19(16)30(27,28)24-11-4-2-3-5-12-24)23-20(25)8-10-22-21(26)17-9-13-29-15-17/h6-7,9,13-15H,2-5,8,10-12H2,1H3,(H,22,26)(H,23,25). The Bertz CT molecular complexity index is 980. The van der Waals surface area contributed by atoms with Crippen LogP contribution in [0.4, 0.5) is 5.69 Å². The fraction of sp³-hybridized carbons (Fsp3) is 0.429. The van der Waals surface area contributed by atoms with Crippen molar-refractivity contribution in [2.45, 2.75) is 43.9 Å². The lowest BCUT2D eigenvalue weighted by Gasteiger charge is -2.21. The first-order valence-electron chi connectivity index (χ1n) is 10.1. The van der Waals surface area contributed by atoms with Gasteiger partial charge in [-0.3, -0.25) is 9.59 Å². The van der Waals surface area contributed by atoms with Crippen LogP contribution < -0.4 is 10.6 Å². The van der Waals surface area contributed by atoms with Crippen molar-refractivity contribution >= 4 is 38.9 Å². The molecule has 0 aliphatic carbocycles. The minimum atomic E-state index is -3.60. The summed E-state index contributed by atoms with van der Waals surface area (Å²) < 4.78 is 27.8. The van der Waals surface area contributed by atoms with Crippen LogP contribution in [0.25, 0.3) is 0 Å². The van der Waals surface area contributed by atoms with E-state index in [0.29, 0.717) is 29.9 Å². The SMILES string of the molecule is Cc1ccc(NC(=O)CCNC(=O)c2ccsc2)cc1S(=O)(=O)N1CCCCCC1. The van der Waals surface area contributed by atoms with Gasteiger partial charge in [0, 0.05) is 42.7 Å². The number of hydrogen-bond acceptors (Lipinski definition) is 5. The number of carbonyl (C=O) groups is 2. The van der Waals surface area contributed by atoms with E-state index in [1.54, 1.807) is 34.8 Å². The van der Waals surface area contributed by atoms with Gasteiger partial charge in [0.25, 0.3) is 5.91 Å². The van der Waals surface area contributed by atoms with Crippen LogP contribution in [-0.2, 0) is 14.8 Å². The maximum Gasteiger partial charge on any atom is 0.252 e. The summed E-state index contributed by atoms with van der Waals surface area (Å²) in [5.74, 6) is -0.507. The van der Waals surface area contributed by atoms with Gasteiger partial charge in [-0.15, -0.1) is 0 Å². The van der Waals surface area contributed by atoms with Crippen LogP contribution in [0.5, 0.6) is 0 Å². The fourth-order valence-corrected chi connectivity index (χ4v) is 5.79. The van der Waals surface area contributed by atoms with Gasteiger partial charge in [-0.25, -0.2) is 8.42 Å². The number of anilines is 1. The quantitative estimate of drug-likeness (QED) is 0.677. The Kier molecular flexibility index (Phi) is 7.63. The van der Waals surface area contributed by atoms with Crippen molar-refractivity contribution < 1.29 is 18.0 Å². The number of amides is 2. The molecule has 3 rings (SSSR count). The van der Waals surface area contributed by atoms with Gasteiger partial charge in [-0.2, -0.15) is 15.6 Å². The maximum atomic E-state index is 13.1. The molecule has 0 atom stereocenters. The predicted octanol–water partition coefficient (Wildman–Crippen LogP) is 3.38. The van der Waals surface area contributed by atoms with Crippen molar-refractivity contribution in [2.24, 2.45) is 0 Å². The predicted molar refractivity (Wildman–Crippen MR) is 118 cm³/mol. The lowest BCUT2D eigenvalue weighted by Crippen LogP contribution is -2.32. The molecule has 2 amide bonds. The van der Waals surface area contributed by atoms with Crippen molar-refractivity contribution in [3.8, 4) is 0 Å². The molecule has 30 heavy (non-hydrogen) atoms. The number of sulfonamides is 1. The van der Waals surface area contributed by atoms with E-state index < -0.39 is 10.0 Å². The highest BCUT2D eigenvalue weighted by molar-refractivity contribution is 7.89. The zero-order chi connectivity index (χ0) is 21.6. The first-order chi connectivity index (χ1) is 14.4. The number of rotatable bonds is 7. The minimum Gasteiger partial charge on any atom is -0.351 e. The van der Waals surface area contributed by atoms with Gasteiger partial charge in [0.2, 0.25) is 15.9 Å². The summed E-state index contributed by atoms with van der Waals surface area (Å²) in [6.45, 7) is 3.02. The fourth-order valence-electron chi connectivity index (χ4n) is 3.39. The van der Waals surface area contributed by atoms with E-state index in [1.807, 2.05) is 5.38 Å². The van der Waals surface area contributed by atoms with E-state index in [0.717, 1.165) is 25.7 Å². The summed E-state index contributed by atoms with van der Waals surface area (Å²) in [6.07, 6.45) is 3.92. The third-order valence-electron chi connectivity index (χ3n) is 5.08. The number of nitrogens with zero attached hydrogens (tertiary/aromatic N) is 1. The second kappa shape index (κ2) is 10.2. The molecule has 0 radical (unpaired) electrons. The molecule has 0 saturated carbocycles. The van der Waals surface area contributed by atoms with Crippen LogP contribution in [0.3, 0.4) is 0 Å². The van der Waals surface area contributed by atoms with E-state index in [9.17, 15) is 18.0 Å². The third kappa shape index (κ3) is 5.68. The number of nitrogens with one attached hydrogen (secondary N) is 2. The molecule has 1 aliphatic heterocycles. The normalized spacial score (nSPS) is 15.4. The molecule has 0 unspecified atom stereocenters. The van der Waals surface area contributed by atoms with Crippen molar-refractivity contribution in [2.75, 3.05) is 25.0 Å². The van der Waals surface area contributed by atoms with Gasteiger partial charge in [0.15, 0.2) is 0 Å². The molecule has 162 valence electrons. The number of aryl methyl sites for hydroxylation is 1. The molecule has 0 bridgehead atoms. The first kappa shape index (κ1) is 22.5. The summed E-state index contributed by atoms with van der Waals surface area (Å²) in [6, 6.07) is 6.65. The van der Waals surface area contributed by atoms with E-state index in [2.05, 4.69) is 10.6 Å². The van der Waals surface area contributed by atoms with Gasteiger partial charge < -0.3 is 10.6 Å². The summed E-state index contributed by atoms with van der Waals surface area (Å²) in [7, 11) is -3.60. The third-order valence-corrected chi connectivity index (χ3v) is 7.80. The second-order valence-electron chi connectivity index (χ2n) is 7.36. The second-order valence-corrected chi connectivity index (χ2v) is 10.1. The van der Waals surface area contributed by atoms with Crippen LogP contribution in [0.15, 0.2) is 39.9 Å². The smallest absolute Gasteiger partial charge is 0.252 e. The van der Waals surface area contributed by atoms with Crippen LogP contribution in [0.1, 0.15) is 48.0 Å². The van der Waals surface area contributed by atoms with Gasteiger partial charge in [0.05, 0.1) is 4.90 Å². The van der Waals surface area contributed by atoms with Gasteiger partial charge >= 0.3 is 0 Å². The molecule has 1 fully saturated rings. The van der Waals surface area contributed by atoms with Gasteiger partial charge in [-0.05, 0) is 48.9 Å². The Hall–Kier alpha value is -2.23. The van der Waals surface area contributed by atoms with Crippen LogP contribution >= 0.6 is 11.3 Å². The Labute approximate surface area is 181 Å². The van der Waals surface area contributed by atoms with E-state index in [4.69, 9.17) is 0 Å². The highest BCUT2D eigenvalue weighted by Gasteiger charge is 2.27. The van der Waals surface area contributed by atoms with Gasteiger partial charge in [0.1, 0.15) is 0 Å². The van der Waals surface area contributed by atoms with E-state index in [-0.39, 0.29) is 29.7 Å². The highest BCUT2D eigenvalue weighted by atomic mass is 32.2. The van der Waals surface area contributed by atoms with E-state index in [1.165, 1.54) is 17.4 Å². The molecule has 2 N–H and O–H groups in total. The molecule has 2 heterocycles. The Morgan fingerprint density at radius 2 is 1.83 bits per heavy atom. The Morgan fingerprint density at radius 3 is 2.50 bits per heavy atom. The Morgan fingerprint density at radius 1 is 1.10 bits per heavy atom. The van der Waals surface area contributed by atoms with Crippen molar-refractivity contribution in [3.05, 3.63) is 46.2 Å². The van der Waals surface area contributed by atoms with Crippen molar-refractivity contribution in [1.29, 1.82) is 0 Å². The molecule has 7 nitrogen and oxygen atoms in total. The summed E-state index contributed by atoms with van der Waals surface area (Å²) in [5.41, 5.74) is 1.66. The summed E-state index contributed by atoms with van der Waals surface area (Å²) in [4.78, 5) is 24.4. The molecule has 1 aromatic heterocycles. The van der Waals surface area contributed by atoms with Crippen LogP contribution in [0, 0.1) is 6.92 Å². The maximum absolute atomic E-state index is 13.1. The monoisotopic (exact) mass is 449 g/mol. The van der Waals surface area contributed by atoms with Crippen molar-refractivity contribution in [1.82, 2.24) is 9.62 Å². The van der Waals surface area contributed by atoms with E-state index >= 15 is 0 Å². The van der Waals surface area contributed by atoms with Crippen LogP contribution in [-0.4, -0.2) is 44.2 Å². The number of hydrogen-bond donors (Lipinski definition) is 2. The number of carbonyl (C=O) groups excluding carboxylic acids is 2. The van der Waals surface area contributed by atoms with Crippen molar-refractivity contribution in [3.63, 3.8) is 0 Å². The molecule has 2 aromatic rings. The average Bonchev–Trinajstić information content (AvgIpc) is 3.11. The lowest BCUT2D eigenvalue weighted by molar-refractivity contribution is -0.116. The molecular weight excluding hydrogens is 422 g/mol. The molecular formula is C21H27N3O4S2. The summed E-state index contributed by atoms with van der Waals surface area (Å²) >= 11 is 1.43. The summed E-state index contributed by atoms with van der Waals surface area (Å²) in [5, 5.41) is 8.99. The van der Waals surface area contributed by atoms with Gasteiger partial charge in [-0.1, -0.05) is 18.9 Å². The molecule has 1 aromatic carbocycles.